The molecule has 0 saturated heterocycles. The van der Waals surface area contributed by atoms with Gasteiger partial charge < -0.3 is 19.5 Å². The second kappa shape index (κ2) is 10.5. The molecule has 1 aromatic heterocycles. The van der Waals surface area contributed by atoms with Crippen LogP contribution in [-0.2, 0) is 20.4 Å². The lowest BCUT2D eigenvalue weighted by Gasteiger charge is -2.15. The van der Waals surface area contributed by atoms with Crippen molar-refractivity contribution in [2.75, 3.05) is 32.2 Å². The van der Waals surface area contributed by atoms with E-state index in [9.17, 15) is 22.8 Å². The van der Waals surface area contributed by atoms with Crippen molar-refractivity contribution < 1.29 is 37.0 Å². The lowest BCUT2D eigenvalue weighted by atomic mass is 10.1. The molecule has 0 bridgehead atoms. The maximum absolute atomic E-state index is 13.1. The predicted molar refractivity (Wildman–Crippen MR) is 119 cm³/mol. The number of hydrogen-bond donors (Lipinski definition) is 1. The normalized spacial score (nSPS) is 11.4. The number of halogens is 3. The lowest BCUT2D eigenvalue weighted by Crippen LogP contribution is -2.22. The van der Waals surface area contributed by atoms with Crippen LogP contribution in [0.5, 0.6) is 5.75 Å². The van der Waals surface area contributed by atoms with E-state index in [0.29, 0.717) is 16.6 Å². The number of alkyl halides is 3. The van der Waals surface area contributed by atoms with Crippen LogP contribution < -0.4 is 10.1 Å². The van der Waals surface area contributed by atoms with Crippen LogP contribution in [0.1, 0.15) is 27.2 Å². The Morgan fingerprint density at radius 2 is 1.79 bits per heavy atom. The average molecular weight is 476 g/mol. The Balaban J connectivity index is 1.75. The minimum atomic E-state index is -4.62. The number of nitrogens with one attached hydrogen (secondary N) is 1. The van der Waals surface area contributed by atoms with Crippen molar-refractivity contribution in [1.82, 2.24) is 4.98 Å². The molecular weight excluding hydrogens is 453 g/mol. The Morgan fingerprint density at radius 3 is 2.50 bits per heavy atom. The first kappa shape index (κ1) is 25.0. The second-order valence-corrected chi connectivity index (χ2v) is 7.51. The molecule has 1 N–H and O–H groups in total. The first-order chi connectivity index (χ1) is 16.1. The third-order valence-corrected chi connectivity index (χ3v) is 4.77. The number of rotatable bonds is 8. The summed E-state index contributed by atoms with van der Waals surface area (Å²) in [6.45, 7) is 3.14. The van der Waals surface area contributed by atoms with Crippen molar-refractivity contribution in [3.8, 4) is 5.75 Å². The van der Waals surface area contributed by atoms with Crippen LogP contribution in [0.4, 0.5) is 18.9 Å². The van der Waals surface area contributed by atoms with E-state index in [0.717, 1.165) is 23.8 Å². The molecule has 0 unspecified atom stereocenters. The number of nitrogens with zero attached hydrogens (tertiary/aromatic N) is 1. The summed E-state index contributed by atoms with van der Waals surface area (Å²) in [6, 6.07) is 9.68. The maximum Gasteiger partial charge on any atom is 0.416 e. The highest BCUT2D eigenvalue weighted by Gasteiger charge is 2.31. The number of ether oxygens (including phenoxy) is 3. The smallest absolute Gasteiger partial charge is 0.416 e. The Hall–Kier alpha value is -3.66. The highest BCUT2D eigenvalue weighted by molar-refractivity contribution is 6.04. The van der Waals surface area contributed by atoms with Crippen molar-refractivity contribution >= 4 is 28.5 Å². The molecule has 10 heteroatoms. The molecule has 0 aliphatic heterocycles. The lowest BCUT2D eigenvalue weighted by molar-refractivity contribution is -0.137. The summed E-state index contributed by atoms with van der Waals surface area (Å²) in [4.78, 5) is 29.5. The largest absolute Gasteiger partial charge is 0.489 e. The van der Waals surface area contributed by atoms with Gasteiger partial charge in [-0.05, 0) is 50.2 Å². The van der Waals surface area contributed by atoms with Crippen LogP contribution in [0, 0.1) is 13.8 Å². The molecule has 0 atom stereocenters. The van der Waals surface area contributed by atoms with E-state index >= 15 is 0 Å². The molecule has 1 amide bonds. The van der Waals surface area contributed by atoms with Gasteiger partial charge in [0.05, 0.1) is 28.9 Å². The fourth-order valence-corrected chi connectivity index (χ4v) is 3.20. The third-order valence-electron chi connectivity index (χ3n) is 4.77. The molecule has 0 fully saturated rings. The molecule has 0 aliphatic rings. The van der Waals surface area contributed by atoms with Crippen LogP contribution in [0.15, 0.2) is 42.5 Å². The molecule has 0 radical (unpaired) electrons. The number of aryl methyl sites for hydroxylation is 2. The highest BCUT2D eigenvalue weighted by atomic mass is 19.4. The molecule has 0 spiro atoms. The zero-order valence-corrected chi connectivity index (χ0v) is 18.8. The molecule has 34 heavy (non-hydrogen) atoms. The number of amides is 1. The molecule has 1 heterocycles. The number of pyridine rings is 1. The highest BCUT2D eigenvalue weighted by Crippen LogP contribution is 2.35. The van der Waals surface area contributed by atoms with Gasteiger partial charge in [0.25, 0.3) is 5.91 Å². The molecule has 0 saturated carbocycles. The van der Waals surface area contributed by atoms with E-state index in [-0.39, 0.29) is 30.2 Å². The molecule has 180 valence electrons. The number of esters is 1. The minimum Gasteiger partial charge on any atom is -0.489 e. The van der Waals surface area contributed by atoms with Gasteiger partial charge in [0.15, 0.2) is 6.61 Å². The number of fused-ring (bicyclic) bond motifs is 1. The number of benzene rings is 2. The molecule has 2 aromatic carbocycles. The number of aromatic nitrogens is 1. The van der Waals surface area contributed by atoms with Gasteiger partial charge in [0.2, 0.25) is 0 Å². The van der Waals surface area contributed by atoms with Gasteiger partial charge in [-0.1, -0.05) is 11.6 Å². The van der Waals surface area contributed by atoms with Crippen molar-refractivity contribution in [2.45, 2.75) is 20.0 Å². The van der Waals surface area contributed by atoms with Gasteiger partial charge >= 0.3 is 12.1 Å². The summed E-state index contributed by atoms with van der Waals surface area (Å²) in [5.41, 5.74) is 1.18. The summed E-state index contributed by atoms with van der Waals surface area (Å²) < 4.78 is 54.8. The van der Waals surface area contributed by atoms with Gasteiger partial charge in [0.1, 0.15) is 12.4 Å². The number of carbonyl (C=O) groups is 2. The zero-order chi connectivity index (χ0) is 24.9. The Labute approximate surface area is 193 Å². The van der Waals surface area contributed by atoms with Gasteiger partial charge in [-0.3, -0.25) is 9.78 Å². The number of carbonyl (C=O) groups excluding carboxylic acids is 2. The number of anilines is 1. The van der Waals surface area contributed by atoms with E-state index in [1.807, 2.05) is 13.0 Å². The minimum absolute atomic E-state index is 0.0240. The summed E-state index contributed by atoms with van der Waals surface area (Å²) in [7, 11) is 1.45. The molecule has 3 rings (SSSR count). The quantitative estimate of drug-likeness (QED) is 0.375. The molecule has 0 aliphatic carbocycles. The van der Waals surface area contributed by atoms with E-state index in [1.165, 1.54) is 7.11 Å². The van der Waals surface area contributed by atoms with Crippen molar-refractivity contribution in [2.24, 2.45) is 0 Å². The fourth-order valence-electron chi connectivity index (χ4n) is 3.20. The molecular formula is C24H23F3N2O5. The van der Waals surface area contributed by atoms with E-state index in [2.05, 4.69) is 10.3 Å². The zero-order valence-electron chi connectivity index (χ0n) is 18.8. The van der Waals surface area contributed by atoms with E-state index < -0.39 is 30.2 Å². The monoisotopic (exact) mass is 476 g/mol. The summed E-state index contributed by atoms with van der Waals surface area (Å²) in [5, 5.41) is 2.89. The standard InChI is InChI=1S/C24H23F3N2O5/c1-14-4-6-19-17(10-14)18(11-15(2)28-19)23(31)34-13-22(30)29-20-12-16(24(25,26)27)5-7-21(20)33-9-8-32-3/h4-7,10-12H,8-9,13H2,1-3H3,(H,29,30). The van der Waals surface area contributed by atoms with E-state index in [1.54, 1.807) is 25.1 Å². The summed E-state index contributed by atoms with van der Waals surface area (Å²) in [5.74, 6) is -1.55. The summed E-state index contributed by atoms with van der Waals surface area (Å²) >= 11 is 0. The average Bonchev–Trinajstić information content (AvgIpc) is 2.77. The Kier molecular flexibility index (Phi) is 7.72. The second-order valence-electron chi connectivity index (χ2n) is 7.51. The molecule has 7 nitrogen and oxygen atoms in total. The van der Waals surface area contributed by atoms with Gasteiger partial charge in [0, 0.05) is 18.2 Å². The number of methoxy groups -OCH3 is 1. The summed E-state index contributed by atoms with van der Waals surface area (Å²) in [6.07, 6.45) is -4.62. The van der Waals surface area contributed by atoms with Gasteiger partial charge in [-0.15, -0.1) is 0 Å². The topological polar surface area (TPSA) is 86.8 Å². The Bertz CT molecular complexity index is 1210. The van der Waals surface area contributed by atoms with Crippen LogP contribution in [0.25, 0.3) is 10.9 Å². The Morgan fingerprint density at radius 1 is 1.03 bits per heavy atom. The van der Waals surface area contributed by atoms with Crippen molar-refractivity contribution in [3.05, 3.63) is 64.8 Å². The first-order valence-corrected chi connectivity index (χ1v) is 10.3. The van der Waals surface area contributed by atoms with Crippen molar-refractivity contribution in [3.63, 3.8) is 0 Å². The van der Waals surface area contributed by atoms with Crippen LogP contribution in [-0.4, -0.2) is 43.8 Å². The predicted octanol–water partition coefficient (Wildman–Crippen LogP) is 4.69. The fraction of sp³-hybridized carbons (Fsp3) is 0.292. The van der Waals surface area contributed by atoms with Crippen LogP contribution >= 0.6 is 0 Å². The van der Waals surface area contributed by atoms with Crippen molar-refractivity contribution in [1.29, 1.82) is 0 Å². The SMILES string of the molecule is COCCOc1ccc(C(F)(F)F)cc1NC(=O)COC(=O)c1cc(C)nc2ccc(C)cc12. The first-order valence-electron chi connectivity index (χ1n) is 10.3. The van der Waals surface area contributed by atoms with Crippen LogP contribution in [0.3, 0.4) is 0 Å². The van der Waals surface area contributed by atoms with E-state index in [4.69, 9.17) is 14.2 Å². The third kappa shape index (κ3) is 6.22. The van der Waals surface area contributed by atoms with Gasteiger partial charge in [-0.2, -0.15) is 13.2 Å². The maximum atomic E-state index is 13.1. The van der Waals surface area contributed by atoms with Crippen LogP contribution in [0.2, 0.25) is 0 Å². The molecule has 3 aromatic rings. The van der Waals surface area contributed by atoms with Gasteiger partial charge in [-0.25, -0.2) is 4.79 Å². The number of hydrogen-bond acceptors (Lipinski definition) is 6.